The highest BCUT2D eigenvalue weighted by Gasteiger charge is 2.28. The lowest BCUT2D eigenvalue weighted by Gasteiger charge is -2.30. The van der Waals surface area contributed by atoms with Gasteiger partial charge >= 0.3 is 5.97 Å². The summed E-state index contributed by atoms with van der Waals surface area (Å²) >= 11 is 0. The molecule has 2 rings (SSSR count). The van der Waals surface area contributed by atoms with Crippen LogP contribution in [0, 0.1) is 0 Å². The average Bonchev–Trinajstić information content (AvgIpc) is 2.51. The van der Waals surface area contributed by atoms with E-state index in [1.54, 1.807) is 12.1 Å². The summed E-state index contributed by atoms with van der Waals surface area (Å²) in [5, 5.41) is 17.7. The third kappa shape index (κ3) is 3.37. The molecule has 1 aliphatic rings. The second kappa shape index (κ2) is 6.95. The molecule has 0 radical (unpaired) electrons. The Labute approximate surface area is 127 Å². The Kier molecular flexibility index (Phi) is 5.00. The third-order valence-electron chi connectivity index (χ3n) is 3.17. The average molecular weight is 307 g/mol. The van der Waals surface area contributed by atoms with Crippen LogP contribution in [-0.2, 0) is 9.59 Å². The fraction of sp³-hybridized carbons (Fsp3) is 0.333. The number of carboxylic acid groups (broad SMARTS) is 1. The van der Waals surface area contributed by atoms with Crippen LogP contribution >= 0.6 is 0 Å². The first-order chi connectivity index (χ1) is 10.6. The van der Waals surface area contributed by atoms with E-state index in [9.17, 15) is 9.59 Å². The van der Waals surface area contributed by atoms with E-state index in [4.69, 9.17) is 19.7 Å². The van der Waals surface area contributed by atoms with E-state index in [1.807, 2.05) is 0 Å². The van der Waals surface area contributed by atoms with Gasteiger partial charge in [0.25, 0.3) is 5.91 Å². The summed E-state index contributed by atoms with van der Waals surface area (Å²) in [5.41, 5.74) is 1.08. The van der Waals surface area contributed by atoms with Gasteiger partial charge < -0.3 is 24.6 Å². The van der Waals surface area contributed by atoms with Crippen LogP contribution in [0.5, 0.6) is 11.5 Å². The third-order valence-corrected chi connectivity index (χ3v) is 3.17. The summed E-state index contributed by atoms with van der Waals surface area (Å²) in [4.78, 5) is 24.2. The molecule has 2 N–H and O–H groups in total. The topological polar surface area (TPSA) is 96.3 Å². The van der Waals surface area contributed by atoms with Gasteiger partial charge in [-0.15, -0.1) is 0 Å². The number of nitrogens with zero attached hydrogens (tertiary/aromatic N) is 1. The van der Waals surface area contributed by atoms with Gasteiger partial charge in [0, 0.05) is 19.2 Å². The van der Waals surface area contributed by atoms with Crippen molar-refractivity contribution in [1.29, 1.82) is 0 Å². The fourth-order valence-electron chi connectivity index (χ4n) is 2.19. The molecule has 1 amide bonds. The molecule has 1 heterocycles. The van der Waals surface area contributed by atoms with Gasteiger partial charge in [0.15, 0.2) is 18.1 Å². The summed E-state index contributed by atoms with van der Waals surface area (Å²) in [7, 11) is 1.47. The van der Waals surface area contributed by atoms with Crippen LogP contribution in [0.1, 0.15) is 12.0 Å². The second-order valence-corrected chi connectivity index (χ2v) is 4.65. The molecule has 0 unspecified atom stereocenters. The number of ether oxygens (including phenoxy) is 2. The van der Waals surface area contributed by atoms with Crippen LogP contribution in [0.15, 0.2) is 18.2 Å². The van der Waals surface area contributed by atoms with Gasteiger partial charge in [-0.05, 0) is 30.2 Å². The Morgan fingerprint density at radius 1 is 1.50 bits per heavy atom. The maximum absolute atomic E-state index is 12.0. The number of rotatable bonds is 6. The van der Waals surface area contributed by atoms with Crippen molar-refractivity contribution in [2.24, 2.45) is 0 Å². The molecule has 0 aromatic heterocycles. The van der Waals surface area contributed by atoms with Gasteiger partial charge in [-0.1, -0.05) is 0 Å². The number of aliphatic hydroxyl groups excluding tert-OH is 1. The molecule has 1 aromatic carbocycles. The van der Waals surface area contributed by atoms with E-state index in [2.05, 4.69) is 0 Å². The molecule has 0 saturated carbocycles. The van der Waals surface area contributed by atoms with Crippen LogP contribution in [0.2, 0.25) is 0 Å². The minimum atomic E-state index is -1.07. The van der Waals surface area contributed by atoms with E-state index in [-0.39, 0.29) is 19.1 Å². The van der Waals surface area contributed by atoms with Crippen molar-refractivity contribution in [3.05, 3.63) is 23.8 Å². The smallest absolute Gasteiger partial charge is 0.328 e. The Morgan fingerprint density at radius 2 is 2.27 bits per heavy atom. The van der Waals surface area contributed by atoms with Crippen molar-refractivity contribution in [2.75, 3.05) is 31.8 Å². The Hall–Kier alpha value is -2.54. The molecule has 0 bridgehead atoms. The lowest BCUT2D eigenvalue weighted by molar-refractivity contribution is -0.131. The van der Waals surface area contributed by atoms with Crippen LogP contribution in [0.4, 0.5) is 5.69 Å². The quantitative estimate of drug-likeness (QED) is 0.758. The van der Waals surface area contributed by atoms with Gasteiger partial charge in [-0.25, -0.2) is 4.79 Å². The first-order valence-electron chi connectivity index (χ1n) is 6.74. The maximum Gasteiger partial charge on any atom is 0.328 e. The van der Waals surface area contributed by atoms with Crippen LogP contribution in [0.3, 0.4) is 0 Å². The summed E-state index contributed by atoms with van der Waals surface area (Å²) in [6, 6.07) is 3.30. The minimum absolute atomic E-state index is 0.0320. The van der Waals surface area contributed by atoms with E-state index in [0.717, 1.165) is 6.08 Å². The minimum Gasteiger partial charge on any atom is -0.493 e. The lowest BCUT2D eigenvalue weighted by Crippen LogP contribution is -2.39. The van der Waals surface area contributed by atoms with E-state index >= 15 is 0 Å². The molecule has 0 aliphatic carbocycles. The van der Waals surface area contributed by atoms with Crippen molar-refractivity contribution < 1.29 is 29.3 Å². The number of anilines is 1. The molecule has 0 fully saturated rings. The number of methoxy groups -OCH3 is 1. The first kappa shape index (κ1) is 15.8. The van der Waals surface area contributed by atoms with Gasteiger partial charge in [0.2, 0.25) is 0 Å². The van der Waals surface area contributed by atoms with Crippen LogP contribution < -0.4 is 14.4 Å². The van der Waals surface area contributed by atoms with Crippen molar-refractivity contribution in [2.45, 2.75) is 6.42 Å². The zero-order chi connectivity index (χ0) is 16.1. The van der Waals surface area contributed by atoms with Crippen LogP contribution in [0.25, 0.3) is 6.08 Å². The number of carboxylic acids is 1. The van der Waals surface area contributed by atoms with Crippen molar-refractivity contribution in [3.63, 3.8) is 0 Å². The molecule has 0 atom stereocenters. The summed E-state index contributed by atoms with van der Waals surface area (Å²) in [5.74, 6) is -0.430. The van der Waals surface area contributed by atoms with Crippen molar-refractivity contribution in [3.8, 4) is 11.5 Å². The molecule has 1 aromatic rings. The number of carbonyl (C=O) groups is 2. The number of aliphatic carboxylic acids is 1. The van der Waals surface area contributed by atoms with Gasteiger partial charge in [-0.2, -0.15) is 0 Å². The predicted molar refractivity (Wildman–Crippen MR) is 79.2 cm³/mol. The summed E-state index contributed by atoms with van der Waals surface area (Å²) in [6.07, 6.45) is 2.85. The SMILES string of the molecule is COc1cc(/C=C/C(=O)O)cc2c1OCC(=O)N2CCCO. The second-order valence-electron chi connectivity index (χ2n) is 4.65. The van der Waals surface area contributed by atoms with Gasteiger partial charge in [0.1, 0.15) is 0 Å². The molecule has 7 nitrogen and oxygen atoms in total. The van der Waals surface area contributed by atoms with E-state index in [0.29, 0.717) is 35.7 Å². The summed E-state index contributed by atoms with van der Waals surface area (Å²) in [6.45, 7) is 0.218. The Balaban J connectivity index is 2.46. The maximum atomic E-state index is 12.0. The number of benzene rings is 1. The van der Waals surface area contributed by atoms with Crippen LogP contribution in [-0.4, -0.2) is 49.0 Å². The monoisotopic (exact) mass is 307 g/mol. The van der Waals surface area contributed by atoms with E-state index < -0.39 is 5.97 Å². The zero-order valence-electron chi connectivity index (χ0n) is 12.1. The number of hydrogen-bond acceptors (Lipinski definition) is 5. The first-order valence-corrected chi connectivity index (χ1v) is 6.74. The number of amides is 1. The Bertz CT molecular complexity index is 610. The highest BCUT2D eigenvalue weighted by atomic mass is 16.5. The zero-order valence-corrected chi connectivity index (χ0v) is 12.1. The fourth-order valence-corrected chi connectivity index (χ4v) is 2.19. The predicted octanol–water partition coefficient (Wildman–Crippen LogP) is 0.901. The lowest BCUT2D eigenvalue weighted by atomic mass is 10.1. The summed E-state index contributed by atoms with van der Waals surface area (Å²) < 4.78 is 10.7. The molecule has 7 heteroatoms. The van der Waals surface area contributed by atoms with Crippen molar-refractivity contribution >= 4 is 23.6 Å². The molecule has 118 valence electrons. The number of fused-ring (bicyclic) bond motifs is 1. The Morgan fingerprint density at radius 3 is 2.91 bits per heavy atom. The molecular weight excluding hydrogens is 290 g/mol. The molecule has 1 aliphatic heterocycles. The standard InChI is InChI=1S/C15H17NO6/c1-21-12-8-10(3-4-14(19)20)7-11-15(12)22-9-13(18)16(11)5-2-6-17/h3-4,7-8,17H,2,5-6,9H2,1H3,(H,19,20)/b4-3+. The molecule has 22 heavy (non-hydrogen) atoms. The molecule has 0 saturated heterocycles. The normalized spacial score (nSPS) is 13.9. The number of carbonyl (C=O) groups excluding carboxylic acids is 1. The highest BCUT2D eigenvalue weighted by molar-refractivity contribution is 5.99. The van der Waals surface area contributed by atoms with E-state index in [1.165, 1.54) is 18.1 Å². The number of aliphatic hydroxyl groups is 1. The molecular formula is C15H17NO6. The van der Waals surface area contributed by atoms with Gasteiger partial charge in [0.05, 0.1) is 12.8 Å². The number of hydrogen-bond donors (Lipinski definition) is 2. The van der Waals surface area contributed by atoms with Gasteiger partial charge in [-0.3, -0.25) is 4.79 Å². The molecule has 0 spiro atoms. The largest absolute Gasteiger partial charge is 0.493 e. The highest BCUT2D eigenvalue weighted by Crippen LogP contribution is 2.41. The van der Waals surface area contributed by atoms with Crippen molar-refractivity contribution in [1.82, 2.24) is 0 Å².